The molecule has 158 valence electrons. The summed E-state index contributed by atoms with van der Waals surface area (Å²) in [6.45, 7) is 4.68. The number of hydrogen-bond acceptors (Lipinski definition) is 8. The highest BCUT2D eigenvalue weighted by molar-refractivity contribution is 8.02. The van der Waals surface area contributed by atoms with E-state index in [4.69, 9.17) is 4.98 Å². The molecule has 1 aliphatic rings. The highest BCUT2D eigenvalue weighted by atomic mass is 32.2. The number of nitrogens with zero attached hydrogens (tertiary/aromatic N) is 5. The summed E-state index contributed by atoms with van der Waals surface area (Å²) in [6.07, 6.45) is 6.27. The van der Waals surface area contributed by atoms with Gasteiger partial charge in [-0.25, -0.2) is 15.1 Å². The van der Waals surface area contributed by atoms with E-state index in [1.54, 1.807) is 35.5 Å². The highest BCUT2D eigenvalue weighted by Gasteiger charge is 2.20. The Balaban J connectivity index is 1.56. The fourth-order valence-corrected chi connectivity index (χ4v) is 5.62. The van der Waals surface area contributed by atoms with Gasteiger partial charge in [0.25, 0.3) is 5.56 Å². The van der Waals surface area contributed by atoms with E-state index in [0.717, 1.165) is 43.4 Å². The Morgan fingerprint density at radius 3 is 3.13 bits per heavy atom. The molecule has 1 aromatic carbocycles. The number of nitrogens with one attached hydrogen (secondary N) is 2. The Morgan fingerprint density at radius 2 is 2.32 bits per heavy atom. The molecule has 10 heteroatoms. The van der Waals surface area contributed by atoms with Crippen LogP contribution in [0.5, 0.6) is 0 Å². The molecule has 31 heavy (non-hydrogen) atoms. The third-order valence-corrected chi connectivity index (χ3v) is 7.33. The highest BCUT2D eigenvalue weighted by Crippen LogP contribution is 2.33. The zero-order chi connectivity index (χ0) is 21.5. The Morgan fingerprint density at radius 1 is 1.45 bits per heavy atom. The molecule has 0 amide bonds. The van der Waals surface area contributed by atoms with Gasteiger partial charge in [0.2, 0.25) is 0 Å². The van der Waals surface area contributed by atoms with Crippen LogP contribution in [0.1, 0.15) is 16.1 Å². The number of anilines is 1. The van der Waals surface area contributed by atoms with Gasteiger partial charge >= 0.3 is 0 Å². The number of aromatic nitrogens is 4. The average molecular weight is 452 g/mol. The summed E-state index contributed by atoms with van der Waals surface area (Å²) in [7, 11) is 1.89. The van der Waals surface area contributed by atoms with Crippen LogP contribution in [0.2, 0.25) is 0 Å². The second-order valence-electron chi connectivity index (χ2n) is 7.27. The number of fused-ring (bicyclic) bond motifs is 4. The molecule has 2 N–H and O–H groups in total. The van der Waals surface area contributed by atoms with Crippen molar-refractivity contribution in [2.24, 2.45) is 12.0 Å². The van der Waals surface area contributed by atoms with E-state index in [1.165, 1.54) is 10.2 Å². The average Bonchev–Trinajstić information content (AvgIpc) is 3.46. The first-order chi connectivity index (χ1) is 15.1. The molecule has 0 atom stereocenters. The van der Waals surface area contributed by atoms with Gasteiger partial charge in [-0.3, -0.25) is 9.79 Å². The monoisotopic (exact) mass is 451 g/mol. The van der Waals surface area contributed by atoms with E-state index in [9.17, 15) is 4.79 Å². The second-order valence-corrected chi connectivity index (χ2v) is 9.29. The van der Waals surface area contributed by atoms with Crippen molar-refractivity contribution in [2.45, 2.75) is 19.5 Å². The fraction of sp³-hybridized carbons (Fsp3) is 0.238. The number of aliphatic imine (C=N–C) groups is 1. The molecule has 0 bridgehead atoms. The molecule has 0 unspecified atom stereocenters. The first-order valence-corrected chi connectivity index (χ1v) is 11.8. The van der Waals surface area contributed by atoms with Crippen molar-refractivity contribution in [3.05, 3.63) is 62.0 Å². The Kier molecular flexibility index (Phi) is 5.12. The van der Waals surface area contributed by atoms with E-state index in [2.05, 4.69) is 27.7 Å². The first-order valence-electron chi connectivity index (χ1n) is 9.73. The number of benzene rings is 1. The van der Waals surface area contributed by atoms with E-state index < -0.39 is 0 Å². The number of thiazole rings is 1. The molecule has 0 aliphatic carbocycles. The number of rotatable bonds is 6. The van der Waals surface area contributed by atoms with Gasteiger partial charge in [-0.15, -0.1) is 23.1 Å². The van der Waals surface area contributed by atoms with E-state index in [-0.39, 0.29) is 5.56 Å². The van der Waals surface area contributed by atoms with Gasteiger partial charge in [-0.2, -0.15) is 5.10 Å². The first kappa shape index (κ1) is 20.0. The molecule has 3 aromatic heterocycles. The van der Waals surface area contributed by atoms with Crippen molar-refractivity contribution in [3.8, 4) is 0 Å². The summed E-state index contributed by atoms with van der Waals surface area (Å²) in [6, 6.07) is 6.05. The van der Waals surface area contributed by atoms with Gasteiger partial charge < -0.3 is 9.99 Å². The minimum atomic E-state index is -0.108. The minimum Gasteiger partial charge on any atom is -0.323 e. The molecular formula is C21H21N7OS2. The number of aryl methyl sites for hydroxylation is 1. The second kappa shape index (κ2) is 7.95. The number of hydrazine groups is 1. The van der Waals surface area contributed by atoms with Crippen LogP contribution >= 0.6 is 23.1 Å². The van der Waals surface area contributed by atoms with Crippen molar-refractivity contribution >= 4 is 56.8 Å². The van der Waals surface area contributed by atoms with Gasteiger partial charge in [0.05, 0.1) is 23.1 Å². The molecule has 5 rings (SSSR count). The summed E-state index contributed by atoms with van der Waals surface area (Å²) in [5.74, 6) is 0. The molecule has 0 radical (unpaired) electrons. The van der Waals surface area contributed by atoms with Crippen LogP contribution < -0.4 is 16.4 Å². The lowest BCUT2D eigenvalue weighted by Crippen LogP contribution is -2.25. The molecular weight excluding hydrogens is 430 g/mol. The fourth-order valence-electron chi connectivity index (χ4n) is 3.94. The van der Waals surface area contributed by atoms with Crippen molar-refractivity contribution in [1.29, 1.82) is 0 Å². The van der Waals surface area contributed by atoms with Crippen LogP contribution in [-0.4, -0.2) is 32.3 Å². The van der Waals surface area contributed by atoms with Crippen molar-refractivity contribution in [1.82, 2.24) is 24.8 Å². The summed E-state index contributed by atoms with van der Waals surface area (Å²) in [5, 5.41) is 6.33. The zero-order valence-corrected chi connectivity index (χ0v) is 18.8. The van der Waals surface area contributed by atoms with Crippen LogP contribution in [0.3, 0.4) is 0 Å². The van der Waals surface area contributed by atoms with Gasteiger partial charge in [0.15, 0.2) is 5.65 Å². The maximum absolute atomic E-state index is 13.3. The lowest BCUT2D eigenvalue weighted by atomic mass is 10.1. The molecule has 0 saturated heterocycles. The number of hydrogen-bond donors (Lipinski definition) is 2. The molecule has 8 nitrogen and oxygen atoms in total. The van der Waals surface area contributed by atoms with E-state index in [0.29, 0.717) is 18.5 Å². The van der Waals surface area contributed by atoms with Crippen molar-refractivity contribution < 1.29 is 0 Å². The van der Waals surface area contributed by atoms with Crippen LogP contribution in [0.15, 0.2) is 45.3 Å². The minimum absolute atomic E-state index is 0.108. The predicted molar refractivity (Wildman–Crippen MR) is 129 cm³/mol. The molecule has 4 aromatic rings. The summed E-state index contributed by atoms with van der Waals surface area (Å²) in [5.41, 5.74) is 10.9. The SMILES string of the molecule is C=N/C=C(/Cc1nc2c(s1)c1cnn(Cc3cccc4c3CNN4)c(=O)c1n2C)SC. The Bertz CT molecular complexity index is 1410. The van der Waals surface area contributed by atoms with Gasteiger partial charge in [-0.1, -0.05) is 12.1 Å². The Labute approximate surface area is 186 Å². The lowest BCUT2D eigenvalue weighted by Gasteiger charge is -2.09. The third kappa shape index (κ3) is 3.36. The van der Waals surface area contributed by atoms with Crippen LogP contribution in [-0.2, 0) is 26.6 Å². The smallest absolute Gasteiger partial charge is 0.291 e. The topological polar surface area (TPSA) is 89.1 Å². The van der Waals surface area contributed by atoms with Crippen LogP contribution in [0.25, 0.3) is 21.3 Å². The third-order valence-electron chi connectivity index (χ3n) is 5.47. The molecule has 4 heterocycles. The molecule has 1 aliphatic heterocycles. The van der Waals surface area contributed by atoms with Gasteiger partial charge in [0.1, 0.15) is 10.5 Å². The molecule has 0 fully saturated rings. The zero-order valence-electron chi connectivity index (χ0n) is 17.2. The van der Waals surface area contributed by atoms with Gasteiger partial charge in [-0.05, 0) is 30.2 Å². The lowest BCUT2D eigenvalue weighted by molar-refractivity contribution is 0.639. The van der Waals surface area contributed by atoms with Crippen LogP contribution in [0, 0.1) is 0 Å². The maximum Gasteiger partial charge on any atom is 0.291 e. The van der Waals surface area contributed by atoms with E-state index >= 15 is 0 Å². The predicted octanol–water partition coefficient (Wildman–Crippen LogP) is 3.27. The van der Waals surface area contributed by atoms with Gasteiger partial charge in [0, 0.05) is 36.5 Å². The normalized spacial score (nSPS) is 13.7. The number of thioether (sulfide) groups is 1. The molecule has 0 spiro atoms. The Hall–Kier alpha value is -2.95. The summed E-state index contributed by atoms with van der Waals surface area (Å²) < 4.78 is 4.41. The van der Waals surface area contributed by atoms with Crippen molar-refractivity contribution in [3.63, 3.8) is 0 Å². The summed E-state index contributed by atoms with van der Waals surface area (Å²) in [4.78, 5) is 23.1. The summed E-state index contributed by atoms with van der Waals surface area (Å²) >= 11 is 3.24. The maximum atomic E-state index is 13.3. The standard InChI is InChI=1S/C21H21N7OS2/c1-22-8-13(30-3)7-17-25-20-19(31-17)15-10-24-28(21(29)18(15)27(20)2)11-12-5-4-6-16-14(12)9-23-26-16/h4-6,8,10,23,26H,1,7,9,11H2,2-3H3/b13-8-. The quantitative estimate of drug-likeness (QED) is 0.438. The number of allylic oxidation sites excluding steroid dienone is 1. The van der Waals surface area contributed by atoms with Crippen LogP contribution in [0.4, 0.5) is 5.69 Å². The largest absolute Gasteiger partial charge is 0.323 e. The van der Waals surface area contributed by atoms with Crippen molar-refractivity contribution in [2.75, 3.05) is 11.7 Å². The molecule has 0 saturated carbocycles. The van der Waals surface area contributed by atoms with E-state index in [1.807, 2.05) is 36.1 Å².